The highest BCUT2D eigenvalue weighted by atomic mass is 16.2. The lowest BCUT2D eigenvalue weighted by Gasteiger charge is -2.32. The highest BCUT2D eigenvalue weighted by Gasteiger charge is 2.23. The third-order valence-corrected chi connectivity index (χ3v) is 5.38. The lowest BCUT2D eigenvalue weighted by molar-refractivity contribution is -0.133. The Morgan fingerprint density at radius 3 is 2.48 bits per heavy atom. The monoisotopic (exact) mass is 361 g/mol. The first-order valence-electron chi connectivity index (χ1n) is 9.47. The van der Waals surface area contributed by atoms with Crippen molar-refractivity contribution in [2.75, 3.05) is 13.1 Å². The number of hydrogen-bond acceptors (Lipinski definition) is 3. The summed E-state index contributed by atoms with van der Waals surface area (Å²) >= 11 is 0. The minimum Gasteiger partial charge on any atom is -0.341 e. The predicted octanol–water partition coefficient (Wildman–Crippen LogP) is 2.88. The van der Waals surface area contributed by atoms with E-state index >= 15 is 0 Å². The van der Waals surface area contributed by atoms with Crippen molar-refractivity contribution >= 4 is 16.9 Å². The second-order valence-electron chi connectivity index (χ2n) is 7.19. The number of fused-ring (bicyclic) bond motifs is 1. The lowest BCUT2D eigenvalue weighted by Crippen LogP contribution is -2.42. The predicted molar refractivity (Wildman–Crippen MR) is 105 cm³/mol. The Kier molecular flexibility index (Phi) is 5.01. The average molecular weight is 361 g/mol. The van der Waals surface area contributed by atoms with Crippen LogP contribution in [0.3, 0.4) is 0 Å². The van der Waals surface area contributed by atoms with Crippen molar-refractivity contribution in [1.29, 1.82) is 0 Å². The van der Waals surface area contributed by atoms with Gasteiger partial charge in [0, 0.05) is 13.1 Å². The van der Waals surface area contributed by atoms with E-state index in [1.807, 2.05) is 35.2 Å². The van der Waals surface area contributed by atoms with Crippen molar-refractivity contribution in [3.8, 4) is 0 Å². The van der Waals surface area contributed by atoms with Crippen LogP contribution in [0.5, 0.6) is 0 Å². The summed E-state index contributed by atoms with van der Waals surface area (Å²) in [6.07, 6.45) is 4.37. The van der Waals surface area contributed by atoms with Crippen molar-refractivity contribution < 1.29 is 4.79 Å². The molecule has 5 nitrogen and oxygen atoms in total. The van der Waals surface area contributed by atoms with Crippen LogP contribution >= 0.6 is 0 Å². The summed E-state index contributed by atoms with van der Waals surface area (Å²) in [5.41, 5.74) is 2.56. The largest absolute Gasteiger partial charge is 0.341 e. The van der Waals surface area contributed by atoms with E-state index in [0.29, 0.717) is 11.4 Å². The summed E-state index contributed by atoms with van der Waals surface area (Å²) in [4.78, 5) is 31.1. The van der Waals surface area contributed by atoms with Gasteiger partial charge in [-0.2, -0.15) is 0 Å². The Morgan fingerprint density at radius 2 is 1.70 bits per heavy atom. The maximum Gasteiger partial charge on any atom is 0.269 e. The van der Waals surface area contributed by atoms with Crippen molar-refractivity contribution in [2.24, 2.45) is 5.92 Å². The van der Waals surface area contributed by atoms with E-state index in [9.17, 15) is 9.59 Å². The normalized spacial score (nSPS) is 15.2. The molecule has 2 aromatic carbocycles. The molecule has 138 valence electrons. The molecule has 1 aromatic heterocycles. The molecule has 1 amide bonds. The molecule has 5 heteroatoms. The molecule has 0 atom stereocenters. The molecule has 0 bridgehead atoms. The van der Waals surface area contributed by atoms with Crippen LogP contribution in [0, 0.1) is 5.92 Å². The summed E-state index contributed by atoms with van der Waals surface area (Å²) in [5.74, 6) is 0.618. The summed E-state index contributed by atoms with van der Waals surface area (Å²) in [7, 11) is 0. The number of nitrogens with zero attached hydrogens (tertiary/aromatic N) is 3. The fourth-order valence-electron chi connectivity index (χ4n) is 3.85. The number of hydrogen-bond donors (Lipinski definition) is 0. The lowest BCUT2D eigenvalue weighted by atomic mass is 9.90. The Morgan fingerprint density at radius 1 is 1.00 bits per heavy atom. The summed E-state index contributed by atoms with van der Waals surface area (Å²) in [5, 5.41) is 0. The zero-order chi connectivity index (χ0) is 18.6. The SMILES string of the molecule is O=C(Cn1c(=O)cnc2ccccc21)N1CCC(Cc2ccccc2)CC1. The van der Waals surface area contributed by atoms with Crippen LogP contribution in [-0.2, 0) is 17.8 Å². The molecule has 3 aromatic rings. The van der Waals surface area contributed by atoms with E-state index in [1.54, 1.807) is 0 Å². The third-order valence-electron chi connectivity index (χ3n) is 5.38. The van der Waals surface area contributed by atoms with Crippen LogP contribution in [0.2, 0.25) is 0 Å². The fourth-order valence-corrected chi connectivity index (χ4v) is 3.85. The maximum absolute atomic E-state index is 12.8. The van der Waals surface area contributed by atoms with Gasteiger partial charge in [0.25, 0.3) is 5.56 Å². The quantitative estimate of drug-likeness (QED) is 0.718. The van der Waals surface area contributed by atoms with Crippen LogP contribution in [0.15, 0.2) is 65.6 Å². The molecule has 0 spiro atoms. The van der Waals surface area contributed by atoms with Crippen LogP contribution in [0.25, 0.3) is 11.0 Å². The molecule has 0 saturated carbocycles. The Hall–Kier alpha value is -2.95. The fraction of sp³-hybridized carbons (Fsp3) is 0.318. The van der Waals surface area contributed by atoms with Gasteiger partial charge in [-0.05, 0) is 42.9 Å². The average Bonchev–Trinajstić information content (AvgIpc) is 2.71. The number of benzene rings is 2. The zero-order valence-electron chi connectivity index (χ0n) is 15.3. The van der Waals surface area contributed by atoms with Crippen molar-refractivity contribution in [2.45, 2.75) is 25.8 Å². The highest BCUT2D eigenvalue weighted by molar-refractivity contribution is 5.80. The van der Waals surface area contributed by atoms with E-state index in [-0.39, 0.29) is 18.0 Å². The van der Waals surface area contributed by atoms with Gasteiger partial charge in [0.15, 0.2) is 0 Å². The molecule has 2 heterocycles. The first-order valence-corrected chi connectivity index (χ1v) is 9.47. The number of carbonyl (C=O) groups is 1. The van der Waals surface area contributed by atoms with E-state index in [1.165, 1.54) is 16.3 Å². The van der Waals surface area contributed by atoms with Crippen molar-refractivity contribution in [1.82, 2.24) is 14.5 Å². The number of carbonyl (C=O) groups excluding carboxylic acids is 1. The van der Waals surface area contributed by atoms with Crippen LogP contribution in [-0.4, -0.2) is 33.4 Å². The summed E-state index contributed by atoms with van der Waals surface area (Å²) in [6.45, 7) is 1.59. The van der Waals surface area contributed by atoms with Crippen LogP contribution in [0.1, 0.15) is 18.4 Å². The zero-order valence-corrected chi connectivity index (χ0v) is 15.3. The Labute approximate surface area is 158 Å². The molecule has 0 aliphatic carbocycles. The molecule has 0 unspecified atom stereocenters. The molecule has 1 aliphatic heterocycles. The highest BCUT2D eigenvalue weighted by Crippen LogP contribution is 2.22. The first kappa shape index (κ1) is 17.5. The molecule has 1 aliphatic rings. The minimum absolute atomic E-state index is 0.00612. The van der Waals surface area contributed by atoms with Crippen LogP contribution < -0.4 is 5.56 Å². The van der Waals surface area contributed by atoms with Gasteiger partial charge in [-0.15, -0.1) is 0 Å². The third kappa shape index (κ3) is 3.92. The molecule has 4 rings (SSSR count). The van der Waals surface area contributed by atoms with Crippen molar-refractivity contribution in [3.05, 3.63) is 76.7 Å². The summed E-state index contributed by atoms with van der Waals surface area (Å²) in [6, 6.07) is 17.9. The van der Waals surface area contributed by atoms with Gasteiger partial charge in [-0.3, -0.25) is 14.2 Å². The van der Waals surface area contributed by atoms with E-state index in [2.05, 4.69) is 29.2 Å². The van der Waals surface area contributed by atoms with Crippen LogP contribution in [0.4, 0.5) is 0 Å². The van der Waals surface area contributed by atoms with Gasteiger partial charge in [-0.25, -0.2) is 4.98 Å². The molecule has 1 fully saturated rings. The van der Waals surface area contributed by atoms with Crippen molar-refractivity contribution in [3.63, 3.8) is 0 Å². The molecule has 0 radical (unpaired) electrons. The number of likely N-dealkylation sites (tertiary alicyclic amines) is 1. The molecular formula is C22H23N3O2. The topological polar surface area (TPSA) is 55.2 Å². The van der Waals surface area contributed by atoms with E-state index in [4.69, 9.17) is 0 Å². The van der Waals surface area contributed by atoms with Gasteiger partial charge in [-0.1, -0.05) is 42.5 Å². The molecule has 0 N–H and O–H groups in total. The van der Waals surface area contributed by atoms with Gasteiger partial charge in [0.05, 0.1) is 17.2 Å². The number of rotatable bonds is 4. The number of piperidine rings is 1. The molecule has 1 saturated heterocycles. The van der Waals surface area contributed by atoms with E-state index < -0.39 is 0 Å². The summed E-state index contributed by atoms with van der Waals surface area (Å²) < 4.78 is 1.53. The van der Waals surface area contributed by atoms with E-state index in [0.717, 1.165) is 37.9 Å². The Bertz CT molecular complexity index is 989. The second-order valence-corrected chi connectivity index (χ2v) is 7.19. The smallest absolute Gasteiger partial charge is 0.269 e. The number of amides is 1. The standard InChI is InChI=1S/C22H23N3O2/c26-21-15-23-19-8-4-5-9-20(19)25(21)16-22(27)24-12-10-18(11-13-24)14-17-6-2-1-3-7-17/h1-9,15,18H,10-14,16H2. The Balaban J connectivity index is 1.40. The number of aromatic nitrogens is 2. The first-order chi connectivity index (χ1) is 13.2. The van der Waals surface area contributed by atoms with Gasteiger partial charge in [0.2, 0.25) is 5.91 Å². The molecular weight excluding hydrogens is 338 g/mol. The number of para-hydroxylation sites is 2. The maximum atomic E-state index is 12.8. The molecule has 27 heavy (non-hydrogen) atoms. The second kappa shape index (κ2) is 7.74. The van der Waals surface area contributed by atoms with Gasteiger partial charge < -0.3 is 4.90 Å². The van der Waals surface area contributed by atoms with Gasteiger partial charge in [0.1, 0.15) is 6.54 Å². The van der Waals surface area contributed by atoms with Gasteiger partial charge >= 0.3 is 0 Å². The minimum atomic E-state index is -0.235.